The number of hydrogen-bond donors (Lipinski definition) is 3. The minimum atomic E-state index is -1.16. The van der Waals surface area contributed by atoms with Crippen molar-refractivity contribution in [2.45, 2.75) is 6.42 Å². The summed E-state index contributed by atoms with van der Waals surface area (Å²) in [5, 5.41) is 27.3. The summed E-state index contributed by atoms with van der Waals surface area (Å²) < 4.78 is 50.6. The molecule has 2 aromatic carbocycles. The van der Waals surface area contributed by atoms with Crippen LogP contribution in [0.5, 0.6) is 11.5 Å². The summed E-state index contributed by atoms with van der Waals surface area (Å²) in [4.78, 5) is 9.13. The van der Waals surface area contributed by atoms with Crippen molar-refractivity contribution in [3.63, 3.8) is 0 Å². The lowest BCUT2D eigenvalue weighted by atomic mass is 10.1. The Morgan fingerprint density at radius 1 is 0.962 bits per heavy atom. The fourth-order valence-electron chi connectivity index (χ4n) is 1.76. The van der Waals surface area contributed by atoms with E-state index < -0.39 is 39.7 Å². The minimum Gasteiger partial charge on any atom is -0.503 e. The first-order valence-corrected chi connectivity index (χ1v) is 7.02. The number of halogens is 4. The van der Waals surface area contributed by atoms with E-state index >= 15 is 0 Å². The Labute approximate surface area is 145 Å². The third-order valence-corrected chi connectivity index (χ3v) is 2.94. The van der Waals surface area contributed by atoms with E-state index in [4.69, 9.17) is 15.9 Å². The van der Waals surface area contributed by atoms with Crippen molar-refractivity contribution < 1.29 is 32.7 Å². The lowest BCUT2D eigenvalue weighted by molar-refractivity contribution is -0.400. The van der Waals surface area contributed by atoms with Gasteiger partial charge in [-0.3, -0.25) is 10.1 Å². The van der Waals surface area contributed by atoms with E-state index in [0.717, 1.165) is 30.3 Å². The molecular weight excluding hydrogens is 360 g/mol. The van der Waals surface area contributed by atoms with Crippen LogP contribution in [0.2, 0.25) is 0 Å². The highest BCUT2D eigenvalue weighted by Gasteiger charge is 2.09. The van der Waals surface area contributed by atoms with Crippen LogP contribution in [0.4, 0.5) is 17.6 Å². The van der Waals surface area contributed by atoms with Gasteiger partial charge in [-0.1, -0.05) is 0 Å². The number of nitro groups is 1. The highest BCUT2D eigenvalue weighted by Crippen LogP contribution is 2.22. The summed E-state index contributed by atoms with van der Waals surface area (Å²) in [7, 11) is 0. The van der Waals surface area contributed by atoms with E-state index in [1.807, 2.05) is 0 Å². The maximum absolute atomic E-state index is 12.7. The van der Waals surface area contributed by atoms with Crippen molar-refractivity contribution in [2.24, 2.45) is 5.73 Å². The van der Waals surface area contributed by atoms with Crippen LogP contribution in [0.15, 0.2) is 30.5 Å². The molecule has 0 aromatic heterocycles. The first-order valence-electron chi connectivity index (χ1n) is 7.02. The molecule has 0 saturated carbocycles. The van der Waals surface area contributed by atoms with Gasteiger partial charge in [0, 0.05) is 6.08 Å². The molecule has 0 amide bonds. The molecule has 0 unspecified atom stereocenters. The third kappa shape index (κ3) is 6.06. The summed E-state index contributed by atoms with van der Waals surface area (Å²) in [6, 6.07) is 3.73. The Hall–Kier alpha value is -3.14. The summed E-state index contributed by atoms with van der Waals surface area (Å²) in [5.74, 6) is -6.24. The Bertz CT molecular complexity index is 782. The average Bonchev–Trinajstić information content (AvgIpc) is 2.56. The molecule has 0 heterocycles. The topological polar surface area (TPSA) is 110 Å². The summed E-state index contributed by atoms with van der Waals surface area (Å²) >= 11 is 0. The van der Waals surface area contributed by atoms with Gasteiger partial charge in [0.1, 0.15) is 0 Å². The number of aromatic hydroxyl groups is 2. The van der Waals surface area contributed by atoms with E-state index in [0.29, 0.717) is 24.7 Å². The number of benzene rings is 2. The SMILES string of the molecule is NCCc1cc(F)c(O)c(F)c1.O=[N+]([O-])/C=C/c1cc(F)c(O)c(F)c1. The largest absolute Gasteiger partial charge is 0.503 e. The first kappa shape index (κ1) is 20.9. The molecule has 0 atom stereocenters. The smallest absolute Gasteiger partial charge is 0.235 e. The van der Waals surface area contributed by atoms with Crippen LogP contribution in [0.3, 0.4) is 0 Å². The molecule has 6 nitrogen and oxygen atoms in total. The van der Waals surface area contributed by atoms with E-state index in [2.05, 4.69) is 0 Å². The molecule has 140 valence electrons. The molecule has 0 aliphatic heterocycles. The molecule has 4 N–H and O–H groups in total. The zero-order valence-electron chi connectivity index (χ0n) is 13.1. The van der Waals surface area contributed by atoms with Gasteiger partial charge in [0.15, 0.2) is 34.8 Å². The van der Waals surface area contributed by atoms with Gasteiger partial charge < -0.3 is 15.9 Å². The molecule has 2 rings (SSSR count). The van der Waals surface area contributed by atoms with Gasteiger partial charge in [-0.05, 0) is 48.4 Å². The number of hydrogen-bond acceptors (Lipinski definition) is 5. The summed E-state index contributed by atoms with van der Waals surface area (Å²) in [6.07, 6.45) is 1.87. The maximum atomic E-state index is 12.7. The standard InChI is InChI=1S/C8H5F2NO3.C8H9F2NO/c9-6-3-5(1-2-11(13)14)4-7(10)8(6)12;9-6-3-5(1-2-11)4-7(10)8(6)12/h1-4,12H;3-4,12H,1-2,11H2/b2-1+;. The molecule has 0 radical (unpaired) electrons. The molecule has 2 aromatic rings. The zero-order valence-corrected chi connectivity index (χ0v) is 13.1. The Kier molecular flexibility index (Phi) is 7.53. The van der Waals surface area contributed by atoms with Gasteiger partial charge in [-0.15, -0.1) is 0 Å². The maximum Gasteiger partial charge on any atom is 0.235 e. The summed E-state index contributed by atoms with van der Waals surface area (Å²) in [5.41, 5.74) is 5.61. The van der Waals surface area contributed by atoms with E-state index in [-0.39, 0.29) is 5.56 Å². The van der Waals surface area contributed by atoms with Crippen molar-refractivity contribution in [1.29, 1.82) is 0 Å². The number of nitrogens with zero attached hydrogens (tertiary/aromatic N) is 1. The lowest BCUT2D eigenvalue weighted by Crippen LogP contribution is -2.03. The molecule has 10 heteroatoms. The Morgan fingerprint density at radius 2 is 1.38 bits per heavy atom. The second-order valence-corrected chi connectivity index (χ2v) is 4.88. The molecular formula is C16H14F4N2O4. The van der Waals surface area contributed by atoms with Crippen LogP contribution < -0.4 is 5.73 Å². The molecule has 0 aliphatic carbocycles. The number of phenols is 2. The molecule has 0 fully saturated rings. The number of nitrogens with two attached hydrogens (primary N) is 1. The average molecular weight is 374 g/mol. The molecule has 26 heavy (non-hydrogen) atoms. The second kappa shape index (κ2) is 9.37. The second-order valence-electron chi connectivity index (χ2n) is 4.88. The normalized spacial score (nSPS) is 10.5. The van der Waals surface area contributed by atoms with Crippen LogP contribution >= 0.6 is 0 Å². The van der Waals surface area contributed by atoms with Crippen molar-refractivity contribution in [3.05, 3.63) is 75.0 Å². The highest BCUT2D eigenvalue weighted by molar-refractivity contribution is 5.50. The van der Waals surface area contributed by atoms with Crippen LogP contribution in [-0.4, -0.2) is 21.7 Å². The van der Waals surface area contributed by atoms with E-state index in [1.54, 1.807) is 0 Å². The summed E-state index contributed by atoms with van der Waals surface area (Å²) in [6.45, 7) is 0.323. The fraction of sp³-hybridized carbons (Fsp3) is 0.125. The first-order chi connectivity index (χ1) is 12.1. The predicted molar refractivity (Wildman–Crippen MR) is 84.8 cm³/mol. The van der Waals surface area contributed by atoms with E-state index in [1.165, 1.54) is 0 Å². The Balaban J connectivity index is 0.000000263. The van der Waals surface area contributed by atoms with Gasteiger partial charge in [-0.25, -0.2) is 17.6 Å². The van der Waals surface area contributed by atoms with Crippen molar-refractivity contribution in [2.75, 3.05) is 6.54 Å². The van der Waals surface area contributed by atoms with Gasteiger partial charge in [-0.2, -0.15) is 0 Å². The quantitative estimate of drug-likeness (QED) is 0.433. The monoisotopic (exact) mass is 374 g/mol. The van der Waals surface area contributed by atoms with Crippen LogP contribution in [0, 0.1) is 33.4 Å². The van der Waals surface area contributed by atoms with Crippen molar-refractivity contribution >= 4 is 6.08 Å². The third-order valence-electron chi connectivity index (χ3n) is 2.94. The molecule has 0 bridgehead atoms. The van der Waals surface area contributed by atoms with Crippen molar-refractivity contribution in [3.8, 4) is 11.5 Å². The van der Waals surface area contributed by atoms with Crippen LogP contribution in [0.1, 0.15) is 11.1 Å². The van der Waals surface area contributed by atoms with Gasteiger partial charge in [0.05, 0.1) is 4.92 Å². The predicted octanol–water partition coefficient (Wildman–Crippen LogP) is 3.09. The van der Waals surface area contributed by atoms with E-state index in [9.17, 15) is 27.7 Å². The van der Waals surface area contributed by atoms with Gasteiger partial charge in [0.2, 0.25) is 6.20 Å². The minimum absolute atomic E-state index is 0.0329. The highest BCUT2D eigenvalue weighted by atomic mass is 19.1. The molecule has 0 spiro atoms. The lowest BCUT2D eigenvalue weighted by Gasteiger charge is -2.01. The van der Waals surface area contributed by atoms with Gasteiger partial charge >= 0.3 is 0 Å². The van der Waals surface area contributed by atoms with Gasteiger partial charge in [0.25, 0.3) is 0 Å². The zero-order chi connectivity index (χ0) is 19.9. The number of rotatable bonds is 4. The molecule has 0 aliphatic rings. The fourth-order valence-corrected chi connectivity index (χ4v) is 1.76. The molecule has 0 saturated heterocycles. The number of phenolic OH excluding ortho intramolecular Hbond substituents is 2. The van der Waals surface area contributed by atoms with Crippen LogP contribution in [-0.2, 0) is 6.42 Å². The van der Waals surface area contributed by atoms with Crippen molar-refractivity contribution in [1.82, 2.24) is 0 Å². The Morgan fingerprint density at radius 3 is 1.77 bits per heavy atom. The van der Waals surface area contributed by atoms with Crippen LogP contribution in [0.25, 0.3) is 6.08 Å².